The highest BCUT2D eigenvalue weighted by Crippen LogP contribution is 2.37. The Morgan fingerprint density at radius 2 is 1.16 bits per heavy atom. The average molecular weight is 1160 g/mol. The number of phosphoric ester groups is 1. The Hall–Kier alpha value is -8.34. The van der Waals surface area contributed by atoms with Crippen LogP contribution in [0.25, 0.3) is 0 Å². The molecule has 0 aliphatic carbocycles. The summed E-state index contributed by atoms with van der Waals surface area (Å²) in [7, 11) is -4.86. The number of carbonyl (C=O) groups excluding carboxylic acids is 9. The van der Waals surface area contributed by atoms with Gasteiger partial charge in [0.15, 0.2) is 0 Å². The minimum atomic E-state index is -4.86. The lowest BCUT2D eigenvalue weighted by atomic mass is 9.96. The fourth-order valence-corrected chi connectivity index (χ4v) is 8.61. The van der Waals surface area contributed by atoms with Gasteiger partial charge in [-0.2, -0.15) is 0 Å². The lowest BCUT2D eigenvalue weighted by molar-refractivity contribution is -0.143. The molecule has 0 unspecified atom stereocenters. The maximum absolute atomic E-state index is 14.4. The third-order valence-corrected chi connectivity index (χ3v) is 13.1. The van der Waals surface area contributed by atoms with Gasteiger partial charge in [-0.05, 0) is 67.7 Å². The van der Waals surface area contributed by atoms with Crippen LogP contribution in [0.15, 0.2) is 54.6 Å². The molecule has 2 aromatic carbocycles. The normalized spacial score (nSPS) is 16.0. The number of carbonyl (C=O) groups is 13. The molecular weight excluding hydrogens is 1090 g/mol. The number of nitrogens with zero attached hydrogens (tertiary/aromatic N) is 1. The van der Waals surface area contributed by atoms with Gasteiger partial charge < -0.3 is 77.6 Å². The molecule has 30 nitrogen and oxygen atoms in total. The second kappa shape index (κ2) is 32.7. The number of hydrogen-bond donors (Lipinski definition) is 14. The van der Waals surface area contributed by atoms with Gasteiger partial charge in [-0.25, -0.2) is 4.57 Å². The second-order valence-electron chi connectivity index (χ2n) is 19.0. The molecule has 0 saturated carbocycles. The van der Waals surface area contributed by atoms with Crippen LogP contribution in [0.2, 0.25) is 0 Å². The van der Waals surface area contributed by atoms with Gasteiger partial charge in [0.25, 0.3) is 0 Å². The number of amides is 8. The molecule has 2 aromatic rings. The largest absolute Gasteiger partial charge is 0.524 e. The van der Waals surface area contributed by atoms with E-state index in [4.69, 9.17) is 20.6 Å². The van der Waals surface area contributed by atoms with E-state index in [1.54, 1.807) is 44.2 Å². The summed E-state index contributed by atoms with van der Waals surface area (Å²) in [4.78, 5) is 187. The topological polar surface area (TPSA) is 483 Å². The molecule has 1 heterocycles. The van der Waals surface area contributed by atoms with Gasteiger partial charge in [-0.1, -0.05) is 62.7 Å². The summed E-state index contributed by atoms with van der Waals surface area (Å²) in [5.41, 5.74) is 6.63. The van der Waals surface area contributed by atoms with E-state index in [9.17, 15) is 82.2 Å². The molecule has 31 heteroatoms. The molecule has 1 saturated heterocycles. The molecule has 15 N–H and O–H groups in total. The monoisotopic (exact) mass is 1160 g/mol. The van der Waals surface area contributed by atoms with Crippen molar-refractivity contribution in [2.45, 2.75) is 139 Å². The van der Waals surface area contributed by atoms with Crippen LogP contribution in [0.1, 0.15) is 89.2 Å². The SMILES string of the molecule is CC[C@H](C)[C@H](NC(=O)[C@H](CCC(=O)O)NC(=O)[C@H](CCC(=O)O)NC(=O)[C@H](Cc1ccccc1)NC(=O)[C@@H](N)CC(=O)O)C(=O)N1CCC[C@H]1C(=O)NCC(=O)N[C@@H](CCC(=O)O)C(=O)N[C@H](C=O)Cc1ccc(OP(=O)(O)O)cc1. The predicted octanol–water partition coefficient (Wildman–Crippen LogP) is -2.40. The lowest BCUT2D eigenvalue weighted by Crippen LogP contribution is -2.60. The van der Waals surface area contributed by atoms with Crippen LogP contribution in [0, 0.1) is 5.92 Å². The molecule has 0 aromatic heterocycles. The average Bonchev–Trinajstić information content (AvgIpc) is 3.90. The molecule has 1 aliphatic heterocycles. The van der Waals surface area contributed by atoms with Crippen LogP contribution in [0.4, 0.5) is 0 Å². The van der Waals surface area contributed by atoms with E-state index in [2.05, 4.69) is 41.7 Å². The van der Waals surface area contributed by atoms with Crippen molar-refractivity contribution in [2.24, 2.45) is 11.7 Å². The van der Waals surface area contributed by atoms with Gasteiger partial charge in [-0.15, -0.1) is 0 Å². The van der Waals surface area contributed by atoms with Crippen molar-refractivity contribution in [3.05, 3.63) is 65.7 Å². The van der Waals surface area contributed by atoms with E-state index in [0.717, 1.165) is 4.90 Å². The molecule has 444 valence electrons. The lowest BCUT2D eigenvalue weighted by Gasteiger charge is -2.32. The number of carboxylic acids is 4. The number of aldehydes is 1. The Kier molecular flexibility index (Phi) is 27.0. The molecule has 0 radical (unpaired) electrons. The Morgan fingerprint density at radius 3 is 1.67 bits per heavy atom. The highest BCUT2D eigenvalue weighted by molar-refractivity contribution is 7.46. The number of benzene rings is 2. The number of likely N-dealkylation sites (tertiary alicyclic amines) is 1. The van der Waals surface area contributed by atoms with Crippen LogP contribution < -0.4 is 47.5 Å². The Balaban J connectivity index is 1.77. The van der Waals surface area contributed by atoms with E-state index in [-0.39, 0.29) is 44.4 Å². The van der Waals surface area contributed by atoms with E-state index >= 15 is 0 Å². The van der Waals surface area contributed by atoms with Crippen molar-refractivity contribution in [1.29, 1.82) is 0 Å². The number of phosphoric acid groups is 1. The van der Waals surface area contributed by atoms with Crippen molar-refractivity contribution >= 4 is 85.2 Å². The third-order valence-electron chi connectivity index (χ3n) is 12.6. The summed E-state index contributed by atoms with van der Waals surface area (Å²) in [6.45, 7) is 2.45. The standard InChI is InChI=1S/C50H68N9O21P/c1-3-27(2)43(58-47(73)35(17-20-41(66)67)55-46(72)34(16-19-40(64)65)56-48(74)36(23-28-8-5-4-6-9-28)57-44(70)32(51)24-42(68)69)50(76)59-21-7-10-37(59)49(75)52-25-38(61)54-33(15-18-39(62)63)45(71)53-30(26-60)22-29-11-13-31(14-12-29)80-81(77,78)79/h4-6,8-9,11-14,26-27,30,32-37,43H,3,7,10,15-25,51H2,1-2H3,(H,52,75)(H,53,71)(H,54,61)(H,55,72)(H,56,74)(H,57,70)(H,58,73)(H,62,63)(H,64,65)(H,66,67)(H,68,69)(H2,77,78,79)/t27-,30-,32-,33-,34-,35-,36-,37-,43-/m0/s1. The predicted molar refractivity (Wildman–Crippen MR) is 279 cm³/mol. The molecule has 0 bridgehead atoms. The molecule has 8 amide bonds. The molecule has 1 aliphatic rings. The highest BCUT2D eigenvalue weighted by atomic mass is 31.2. The first-order valence-corrected chi connectivity index (χ1v) is 27.0. The van der Waals surface area contributed by atoms with Crippen molar-refractivity contribution in [3.63, 3.8) is 0 Å². The molecule has 81 heavy (non-hydrogen) atoms. The van der Waals surface area contributed by atoms with Gasteiger partial charge >= 0.3 is 31.7 Å². The first-order chi connectivity index (χ1) is 38.1. The fraction of sp³-hybridized carbons (Fsp3) is 0.500. The number of hydrogen-bond acceptors (Lipinski definition) is 16. The Bertz CT molecular complexity index is 2640. The van der Waals surface area contributed by atoms with Crippen LogP contribution in [-0.2, 0) is 79.7 Å². The zero-order chi connectivity index (χ0) is 60.6. The van der Waals surface area contributed by atoms with E-state index in [1.165, 1.54) is 24.3 Å². The van der Waals surface area contributed by atoms with E-state index in [1.807, 2.05) is 0 Å². The summed E-state index contributed by atoms with van der Waals surface area (Å²) in [6, 6.07) is 1.23. The quantitative estimate of drug-likeness (QED) is 0.0253. The van der Waals surface area contributed by atoms with Crippen LogP contribution >= 0.6 is 7.82 Å². The van der Waals surface area contributed by atoms with Gasteiger partial charge in [0.05, 0.1) is 25.0 Å². The first-order valence-electron chi connectivity index (χ1n) is 25.5. The summed E-state index contributed by atoms with van der Waals surface area (Å²) in [5.74, 6) is -14.4. The molecule has 9 atom stereocenters. The van der Waals surface area contributed by atoms with Gasteiger partial charge in [0, 0.05) is 32.2 Å². The third kappa shape index (κ3) is 23.9. The highest BCUT2D eigenvalue weighted by Gasteiger charge is 2.41. The summed E-state index contributed by atoms with van der Waals surface area (Å²) in [6.07, 6.45) is -3.91. The number of nitrogens with two attached hydrogens (primary N) is 1. The summed E-state index contributed by atoms with van der Waals surface area (Å²) in [5, 5.41) is 54.3. The molecular formula is C50H68N9O21P. The zero-order valence-corrected chi connectivity index (χ0v) is 45.0. The minimum absolute atomic E-state index is 0.0199. The van der Waals surface area contributed by atoms with Crippen molar-refractivity contribution in [3.8, 4) is 5.75 Å². The van der Waals surface area contributed by atoms with Crippen molar-refractivity contribution < 1.29 is 102 Å². The molecule has 3 rings (SSSR count). The zero-order valence-electron chi connectivity index (χ0n) is 44.1. The molecule has 1 fully saturated rings. The van der Waals surface area contributed by atoms with Crippen molar-refractivity contribution in [2.75, 3.05) is 13.1 Å². The second-order valence-corrected chi connectivity index (χ2v) is 20.1. The van der Waals surface area contributed by atoms with Crippen LogP contribution in [0.5, 0.6) is 5.75 Å². The van der Waals surface area contributed by atoms with Gasteiger partial charge in [0.2, 0.25) is 47.3 Å². The van der Waals surface area contributed by atoms with Crippen LogP contribution in [0.3, 0.4) is 0 Å². The van der Waals surface area contributed by atoms with Crippen LogP contribution in [-0.4, -0.2) is 174 Å². The van der Waals surface area contributed by atoms with E-state index in [0.29, 0.717) is 17.4 Å². The van der Waals surface area contributed by atoms with E-state index < -0.39 is 185 Å². The Labute approximate surface area is 463 Å². The van der Waals surface area contributed by atoms with Gasteiger partial charge in [0.1, 0.15) is 48.3 Å². The number of aliphatic carboxylic acids is 4. The minimum Gasteiger partial charge on any atom is -0.481 e. The first kappa shape index (κ1) is 66.9. The smallest absolute Gasteiger partial charge is 0.481 e. The summed E-state index contributed by atoms with van der Waals surface area (Å²) >= 11 is 0. The van der Waals surface area contributed by atoms with Gasteiger partial charge in [-0.3, -0.25) is 67.3 Å². The Morgan fingerprint density at radius 1 is 0.667 bits per heavy atom. The summed E-state index contributed by atoms with van der Waals surface area (Å²) < 4.78 is 15.6. The maximum atomic E-state index is 14.4. The van der Waals surface area contributed by atoms with Crippen molar-refractivity contribution in [1.82, 2.24) is 42.1 Å². The number of nitrogens with one attached hydrogen (secondary N) is 7. The number of rotatable bonds is 35. The molecule has 0 spiro atoms. The fourth-order valence-electron chi connectivity index (χ4n) is 8.22. The maximum Gasteiger partial charge on any atom is 0.524 e. The number of carboxylic acid groups (broad SMARTS) is 4.